The van der Waals surface area contributed by atoms with Gasteiger partial charge in [0.2, 0.25) is 0 Å². The minimum atomic E-state index is 1.06. The molecule has 0 radical (unpaired) electrons. The summed E-state index contributed by atoms with van der Waals surface area (Å²) in [5.41, 5.74) is 1.12. The zero-order valence-corrected chi connectivity index (χ0v) is 13.1. The van der Waals surface area contributed by atoms with Gasteiger partial charge in [0.1, 0.15) is 0 Å². The van der Waals surface area contributed by atoms with Gasteiger partial charge in [0, 0.05) is 39.8 Å². The van der Waals surface area contributed by atoms with Crippen LogP contribution in [0.1, 0.15) is 13.3 Å². The van der Waals surface area contributed by atoms with E-state index in [1.165, 1.54) is 16.3 Å². The number of fused-ring (bicyclic) bond motifs is 1. The molecule has 2 heterocycles. The van der Waals surface area contributed by atoms with Gasteiger partial charge in [-0.15, -0.1) is 0 Å². The summed E-state index contributed by atoms with van der Waals surface area (Å²) < 4.78 is 1.29. The van der Waals surface area contributed by atoms with Crippen molar-refractivity contribution < 1.29 is 0 Å². The number of para-hydroxylation sites is 1. The summed E-state index contributed by atoms with van der Waals surface area (Å²) >= 11 is 1.81. The van der Waals surface area contributed by atoms with E-state index in [0.717, 1.165) is 38.2 Å². The van der Waals surface area contributed by atoms with Gasteiger partial charge in [-0.3, -0.25) is 0 Å². The SMILES string of the molecule is CCCN(C)N1CCN(c2nc3ccccc3s2)CC1. The summed E-state index contributed by atoms with van der Waals surface area (Å²) in [6.07, 6.45) is 1.20. The molecule has 5 heteroatoms. The van der Waals surface area contributed by atoms with E-state index in [1.54, 1.807) is 11.3 Å². The van der Waals surface area contributed by atoms with Crippen LogP contribution in [0.4, 0.5) is 5.13 Å². The number of benzene rings is 1. The predicted molar refractivity (Wildman–Crippen MR) is 86.3 cm³/mol. The van der Waals surface area contributed by atoms with Crippen LogP contribution in [-0.4, -0.2) is 54.8 Å². The van der Waals surface area contributed by atoms with Gasteiger partial charge < -0.3 is 4.90 Å². The molecule has 0 bridgehead atoms. The number of hydrogen-bond donors (Lipinski definition) is 0. The normalized spacial score (nSPS) is 17.2. The lowest BCUT2D eigenvalue weighted by Crippen LogP contribution is -2.52. The quantitative estimate of drug-likeness (QED) is 0.863. The van der Waals surface area contributed by atoms with E-state index in [4.69, 9.17) is 4.98 Å². The molecule has 0 amide bonds. The number of hydrazine groups is 1. The molecule has 1 fully saturated rings. The molecule has 0 aliphatic carbocycles. The van der Waals surface area contributed by atoms with Crippen molar-refractivity contribution in [2.24, 2.45) is 0 Å². The van der Waals surface area contributed by atoms with E-state index >= 15 is 0 Å². The van der Waals surface area contributed by atoms with Crippen molar-refractivity contribution in [1.82, 2.24) is 15.0 Å². The molecule has 1 aromatic carbocycles. The monoisotopic (exact) mass is 290 g/mol. The molecule has 20 heavy (non-hydrogen) atoms. The molecule has 1 aliphatic rings. The summed E-state index contributed by atoms with van der Waals surface area (Å²) in [5.74, 6) is 0. The van der Waals surface area contributed by atoms with Crippen LogP contribution in [0.2, 0.25) is 0 Å². The molecule has 108 valence electrons. The number of thiazole rings is 1. The molecule has 1 saturated heterocycles. The van der Waals surface area contributed by atoms with E-state index in [2.05, 4.69) is 53.2 Å². The molecule has 0 unspecified atom stereocenters. The highest BCUT2D eigenvalue weighted by Crippen LogP contribution is 2.29. The highest BCUT2D eigenvalue weighted by Gasteiger charge is 2.21. The number of piperazine rings is 1. The van der Waals surface area contributed by atoms with E-state index < -0.39 is 0 Å². The molecule has 4 nitrogen and oxygen atoms in total. The van der Waals surface area contributed by atoms with E-state index in [9.17, 15) is 0 Å². The zero-order valence-electron chi connectivity index (χ0n) is 12.2. The second-order valence-corrected chi connectivity index (χ2v) is 6.30. The first-order chi connectivity index (χ1) is 9.78. The Balaban J connectivity index is 1.65. The average Bonchev–Trinajstić information content (AvgIpc) is 2.91. The third-order valence-electron chi connectivity index (χ3n) is 3.84. The molecule has 0 N–H and O–H groups in total. The van der Waals surface area contributed by atoms with Gasteiger partial charge in [0.15, 0.2) is 5.13 Å². The number of rotatable bonds is 4. The van der Waals surface area contributed by atoms with Gasteiger partial charge in [-0.25, -0.2) is 15.0 Å². The lowest BCUT2D eigenvalue weighted by Gasteiger charge is -2.39. The standard InChI is InChI=1S/C15H22N4S/c1-3-8-17(2)19-11-9-18(10-12-19)15-16-13-6-4-5-7-14(13)20-15/h4-7H,3,8-12H2,1-2H3. The van der Waals surface area contributed by atoms with Crippen molar-refractivity contribution >= 4 is 26.7 Å². The summed E-state index contributed by atoms with van der Waals surface area (Å²) in [5, 5.41) is 5.98. The summed E-state index contributed by atoms with van der Waals surface area (Å²) in [6.45, 7) is 7.68. The summed E-state index contributed by atoms with van der Waals surface area (Å²) in [7, 11) is 2.19. The van der Waals surface area contributed by atoms with Crippen LogP contribution in [0.3, 0.4) is 0 Å². The Bertz CT molecular complexity index is 527. The van der Waals surface area contributed by atoms with Gasteiger partial charge in [0.05, 0.1) is 10.2 Å². The van der Waals surface area contributed by atoms with Gasteiger partial charge in [-0.05, 0) is 18.6 Å². The second-order valence-electron chi connectivity index (χ2n) is 5.29. The van der Waals surface area contributed by atoms with Crippen molar-refractivity contribution in [3.05, 3.63) is 24.3 Å². The molecule has 0 atom stereocenters. The Morgan fingerprint density at radius 2 is 1.95 bits per heavy atom. The zero-order chi connectivity index (χ0) is 13.9. The smallest absolute Gasteiger partial charge is 0.186 e. The third-order valence-corrected chi connectivity index (χ3v) is 4.94. The van der Waals surface area contributed by atoms with E-state index in [1.807, 2.05) is 0 Å². The van der Waals surface area contributed by atoms with Crippen LogP contribution < -0.4 is 4.90 Å². The molecule has 0 saturated carbocycles. The summed E-state index contributed by atoms with van der Waals surface area (Å²) in [6, 6.07) is 8.40. The number of anilines is 1. The van der Waals surface area contributed by atoms with Crippen molar-refractivity contribution in [3.63, 3.8) is 0 Å². The number of nitrogens with zero attached hydrogens (tertiary/aromatic N) is 4. The van der Waals surface area contributed by atoms with E-state index in [-0.39, 0.29) is 0 Å². The molecule has 1 aromatic heterocycles. The topological polar surface area (TPSA) is 22.6 Å². The van der Waals surface area contributed by atoms with Crippen molar-refractivity contribution in [1.29, 1.82) is 0 Å². The second kappa shape index (κ2) is 6.08. The Kier molecular flexibility index (Phi) is 4.19. The highest BCUT2D eigenvalue weighted by molar-refractivity contribution is 7.22. The molecule has 2 aromatic rings. The Morgan fingerprint density at radius 3 is 2.65 bits per heavy atom. The van der Waals surface area contributed by atoms with Crippen molar-refractivity contribution in [2.75, 3.05) is 44.7 Å². The van der Waals surface area contributed by atoms with E-state index in [0.29, 0.717) is 0 Å². The summed E-state index contributed by atoms with van der Waals surface area (Å²) in [4.78, 5) is 7.17. The maximum absolute atomic E-state index is 4.75. The van der Waals surface area contributed by atoms with Crippen molar-refractivity contribution in [3.8, 4) is 0 Å². The fraction of sp³-hybridized carbons (Fsp3) is 0.533. The maximum atomic E-state index is 4.75. The first-order valence-electron chi connectivity index (χ1n) is 7.34. The fourth-order valence-corrected chi connectivity index (χ4v) is 3.71. The highest BCUT2D eigenvalue weighted by atomic mass is 32.1. The largest absolute Gasteiger partial charge is 0.345 e. The van der Waals surface area contributed by atoms with Gasteiger partial charge in [0.25, 0.3) is 0 Å². The lowest BCUT2D eigenvalue weighted by molar-refractivity contribution is -0.00481. The van der Waals surface area contributed by atoms with Gasteiger partial charge >= 0.3 is 0 Å². The molecular weight excluding hydrogens is 268 g/mol. The maximum Gasteiger partial charge on any atom is 0.186 e. The third kappa shape index (κ3) is 2.80. The fourth-order valence-electron chi connectivity index (χ4n) is 2.69. The van der Waals surface area contributed by atoms with Gasteiger partial charge in [-0.2, -0.15) is 0 Å². The Morgan fingerprint density at radius 1 is 1.20 bits per heavy atom. The minimum absolute atomic E-state index is 1.06. The van der Waals surface area contributed by atoms with Crippen LogP contribution in [0.5, 0.6) is 0 Å². The molecule has 1 aliphatic heterocycles. The average molecular weight is 290 g/mol. The van der Waals surface area contributed by atoms with Crippen LogP contribution in [0.15, 0.2) is 24.3 Å². The van der Waals surface area contributed by atoms with Crippen LogP contribution in [-0.2, 0) is 0 Å². The lowest BCUT2D eigenvalue weighted by atomic mass is 10.3. The molecule has 0 spiro atoms. The molecular formula is C15H22N4S. The predicted octanol–water partition coefficient (Wildman–Crippen LogP) is 2.68. The first-order valence-corrected chi connectivity index (χ1v) is 8.16. The number of hydrogen-bond acceptors (Lipinski definition) is 5. The minimum Gasteiger partial charge on any atom is -0.345 e. The Hall–Kier alpha value is -1.17. The molecule has 3 rings (SSSR count). The van der Waals surface area contributed by atoms with Gasteiger partial charge in [-0.1, -0.05) is 30.4 Å². The number of aromatic nitrogens is 1. The van der Waals surface area contributed by atoms with Crippen LogP contribution in [0.25, 0.3) is 10.2 Å². The van der Waals surface area contributed by atoms with Crippen LogP contribution in [0, 0.1) is 0 Å². The van der Waals surface area contributed by atoms with Crippen LogP contribution >= 0.6 is 11.3 Å². The first kappa shape index (κ1) is 13.8. The Labute approximate surface area is 124 Å². The van der Waals surface area contributed by atoms with Crippen molar-refractivity contribution in [2.45, 2.75) is 13.3 Å².